The van der Waals surface area contributed by atoms with Crippen LogP contribution in [0.5, 0.6) is 0 Å². The van der Waals surface area contributed by atoms with Gasteiger partial charge in [-0.2, -0.15) is 0 Å². The second-order valence-corrected chi connectivity index (χ2v) is 6.12. The molecule has 2 saturated carbocycles. The van der Waals surface area contributed by atoms with Crippen LogP contribution < -0.4 is 5.32 Å². The number of nitrogens with zero attached hydrogens (tertiary/aromatic N) is 1. The molecule has 1 N–H and O–H groups in total. The highest BCUT2D eigenvalue weighted by Crippen LogP contribution is 2.48. The van der Waals surface area contributed by atoms with E-state index in [0.717, 1.165) is 24.8 Å². The molecule has 3 fully saturated rings. The number of amides is 2. The Bertz CT molecular complexity index is 369. The Labute approximate surface area is 108 Å². The molecule has 1 saturated heterocycles. The SMILES string of the molecule is CCC1C(=O)NCC(=O)N1CC1CC2CCC1C2. The van der Waals surface area contributed by atoms with Crippen molar-refractivity contribution in [2.24, 2.45) is 17.8 Å². The standard InChI is InChI=1S/C14H22N2O2/c1-2-12-14(18)15-7-13(17)16(12)8-11-6-9-3-4-10(11)5-9/h9-12H,2-8H2,1H3,(H,15,18). The highest BCUT2D eigenvalue weighted by molar-refractivity contribution is 5.94. The Morgan fingerprint density at radius 2 is 2.11 bits per heavy atom. The molecular formula is C14H22N2O2. The molecule has 0 aromatic heterocycles. The highest BCUT2D eigenvalue weighted by Gasteiger charge is 2.42. The van der Waals surface area contributed by atoms with Gasteiger partial charge in [0, 0.05) is 6.54 Å². The lowest BCUT2D eigenvalue weighted by atomic mass is 9.88. The number of carbonyl (C=O) groups excluding carboxylic acids is 2. The maximum absolute atomic E-state index is 12.0. The van der Waals surface area contributed by atoms with Crippen LogP contribution >= 0.6 is 0 Å². The Hall–Kier alpha value is -1.06. The minimum atomic E-state index is -0.231. The molecule has 2 bridgehead atoms. The van der Waals surface area contributed by atoms with Gasteiger partial charge in [0.05, 0.1) is 6.54 Å². The third-order valence-corrected chi connectivity index (χ3v) is 5.12. The van der Waals surface area contributed by atoms with Gasteiger partial charge >= 0.3 is 0 Å². The smallest absolute Gasteiger partial charge is 0.243 e. The maximum Gasteiger partial charge on any atom is 0.243 e. The molecule has 3 aliphatic rings. The van der Waals surface area contributed by atoms with E-state index in [-0.39, 0.29) is 24.4 Å². The summed E-state index contributed by atoms with van der Waals surface area (Å²) < 4.78 is 0. The summed E-state index contributed by atoms with van der Waals surface area (Å²) in [5.74, 6) is 2.48. The molecule has 0 aromatic carbocycles. The van der Waals surface area contributed by atoms with Crippen LogP contribution in [0.15, 0.2) is 0 Å². The molecule has 18 heavy (non-hydrogen) atoms. The Kier molecular flexibility index (Phi) is 3.04. The van der Waals surface area contributed by atoms with Crippen molar-refractivity contribution in [1.82, 2.24) is 10.2 Å². The molecule has 1 heterocycles. The van der Waals surface area contributed by atoms with E-state index in [4.69, 9.17) is 0 Å². The van der Waals surface area contributed by atoms with Crippen LogP contribution in [0.25, 0.3) is 0 Å². The first-order chi connectivity index (χ1) is 8.69. The zero-order valence-corrected chi connectivity index (χ0v) is 11.0. The normalized spacial score (nSPS) is 39.3. The molecule has 0 radical (unpaired) electrons. The average Bonchev–Trinajstić information content (AvgIpc) is 2.96. The Morgan fingerprint density at radius 1 is 1.28 bits per heavy atom. The molecule has 3 rings (SSSR count). The predicted molar refractivity (Wildman–Crippen MR) is 67.7 cm³/mol. The fourth-order valence-electron chi connectivity index (χ4n) is 4.18. The van der Waals surface area contributed by atoms with Gasteiger partial charge in [-0.15, -0.1) is 0 Å². The third-order valence-electron chi connectivity index (χ3n) is 5.12. The van der Waals surface area contributed by atoms with Crippen LogP contribution in [0.1, 0.15) is 39.0 Å². The Morgan fingerprint density at radius 3 is 2.72 bits per heavy atom. The van der Waals surface area contributed by atoms with Crippen molar-refractivity contribution in [3.05, 3.63) is 0 Å². The summed E-state index contributed by atoms with van der Waals surface area (Å²) in [6.07, 6.45) is 6.06. The summed E-state index contributed by atoms with van der Waals surface area (Å²) in [5.41, 5.74) is 0. The van der Waals surface area contributed by atoms with Crippen molar-refractivity contribution in [2.75, 3.05) is 13.1 Å². The summed E-state index contributed by atoms with van der Waals surface area (Å²) in [4.78, 5) is 25.7. The summed E-state index contributed by atoms with van der Waals surface area (Å²) in [6.45, 7) is 2.98. The number of carbonyl (C=O) groups is 2. The summed E-state index contributed by atoms with van der Waals surface area (Å²) in [5, 5.41) is 2.69. The molecule has 2 aliphatic carbocycles. The van der Waals surface area contributed by atoms with Crippen LogP contribution in [0.2, 0.25) is 0 Å². The van der Waals surface area contributed by atoms with Gasteiger partial charge in [-0.25, -0.2) is 0 Å². The van der Waals surface area contributed by atoms with Crippen molar-refractivity contribution in [3.8, 4) is 0 Å². The maximum atomic E-state index is 12.0. The van der Waals surface area contributed by atoms with Crippen molar-refractivity contribution >= 4 is 11.8 Å². The minimum Gasteiger partial charge on any atom is -0.345 e. The summed E-state index contributed by atoms with van der Waals surface area (Å²) >= 11 is 0. The van der Waals surface area contributed by atoms with Crippen LogP contribution in [0.3, 0.4) is 0 Å². The van der Waals surface area contributed by atoms with E-state index < -0.39 is 0 Å². The van der Waals surface area contributed by atoms with Gasteiger partial charge in [0.25, 0.3) is 0 Å². The molecule has 4 unspecified atom stereocenters. The molecular weight excluding hydrogens is 228 g/mol. The molecule has 4 nitrogen and oxygen atoms in total. The lowest BCUT2D eigenvalue weighted by Crippen LogP contribution is -2.59. The minimum absolute atomic E-state index is 0.0280. The van der Waals surface area contributed by atoms with Gasteiger partial charge in [0.2, 0.25) is 11.8 Å². The van der Waals surface area contributed by atoms with E-state index in [1.165, 1.54) is 25.7 Å². The Balaban J connectivity index is 1.69. The molecule has 4 atom stereocenters. The van der Waals surface area contributed by atoms with E-state index in [1.807, 2.05) is 11.8 Å². The summed E-state index contributed by atoms with van der Waals surface area (Å²) in [7, 11) is 0. The van der Waals surface area contributed by atoms with Crippen molar-refractivity contribution in [1.29, 1.82) is 0 Å². The van der Waals surface area contributed by atoms with Gasteiger partial charge in [0.1, 0.15) is 6.04 Å². The van der Waals surface area contributed by atoms with Gasteiger partial charge < -0.3 is 10.2 Å². The number of nitrogens with one attached hydrogen (secondary N) is 1. The fraction of sp³-hybridized carbons (Fsp3) is 0.857. The lowest BCUT2D eigenvalue weighted by Gasteiger charge is -2.37. The third kappa shape index (κ3) is 1.91. The van der Waals surface area contributed by atoms with Gasteiger partial charge in [0.15, 0.2) is 0 Å². The topological polar surface area (TPSA) is 49.4 Å². The van der Waals surface area contributed by atoms with Gasteiger partial charge in [-0.05, 0) is 43.4 Å². The first kappa shape index (κ1) is 12.0. The van der Waals surface area contributed by atoms with E-state index in [0.29, 0.717) is 5.92 Å². The van der Waals surface area contributed by atoms with Crippen molar-refractivity contribution < 1.29 is 9.59 Å². The average molecular weight is 250 g/mol. The van der Waals surface area contributed by atoms with Crippen LogP contribution in [-0.4, -0.2) is 35.8 Å². The number of hydrogen-bond acceptors (Lipinski definition) is 2. The predicted octanol–water partition coefficient (Wildman–Crippen LogP) is 1.16. The number of fused-ring (bicyclic) bond motifs is 2. The van der Waals surface area contributed by atoms with E-state index in [2.05, 4.69) is 5.32 Å². The van der Waals surface area contributed by atoms with E-state index in [9.17, 15) is 9.59 Å². The quantitative estimate of drug-likeness (QED) is 0.817. The van der Waals surface area contributed by atoms with E-state index >= 15 is 0 Å². The molecule has 100 valence electrons. The zero-order chi connectivity index (χ0) is 12.7. The molecule has 2 amide bonds. The molecule has 0 aromatic rings. The molecule has 0 spiro atoms. The number of piperazine rings is 1. The first-order valence-corrected chi connectivity index (χ1v) is 7.26. The second-order valence-electron chi connectivity index (χ2n) is 6.12. The monoisotopic (exact) mass is 250 g/mol. The lowest BCUT2D eigenvalue weighted by molar-refractivity contribution is -0.146. The van der Waals surface area contributed by atoms with Crippen molar-refractivity contribution in [2.45, 2.75) is 45.1 Å². The van der Waals surface area contributed by atoms with Crippen molar-refractivity contribution in [3.63, 3.8) is 0 Å². The van der Waals surface area contributed by atoms with Crippen LogP contribution in [-0.2, 0) is 9.59 Å². The fourth-order valence-corrected chi connectivity index (χ4v) is 4.18. The highest BCUT2D eigenvalue weighted by atomic mass is 16.2. The number of hydrogen-bond donors (Lipinski definition) is 1. The molecule has 4 heteroatoms. The largest absolute Gasteiger partial charge is 0.345 e. The number of rotatable bonds is 3. The van der Waals surface area contributed by atoms with Crippen LogP contribution in [0.4, 0.5) is 0 Å². The second kappa shape index (κ2) is 4.56. The van der Waals surface area contributed by atoms with Gasteiger partial charge in [-0.1, -0.05) is 13.3 Å². The molecule has 1 aliphatic heterocycles. The summed E-state index contributed by atoms with van der Waals surface area (Å²) in [6, 6.07) is -0.231. The first-order valence-electron chi connectivity index (χ1n) is 7.26. The van der Waals surface area contributed by atoms with E-state index in [1.54, 1.807) is 0 Å². The zero-order valence-electron chi connectivity index (χ0n) is 11.0. The van der Waals surface area contributed by atoms with Crippen LogP contribution in [0, 0.1) is 17.8 Å². The van der Waals surface area contributed by atoms with Gasteiger partial charge in [-0.3, -0.25) is 9.59 Å².